The van der Waals surface area contributed by atoms with Crippen LogP contribution in [0.3, 0.4) is 0 Å². The van der Waals surface area contributed by atoms with Crippen molar-refractivity contribution in [1.29, 1.82) is 0 Å². The lowest BCUT2D eigenvalue weighted by Crippen LogP contribution is -2.29. The standard InChI is InChI=1S/C17H26N6O/c1-12-8-6-7-9-14(12)24-11-10-23(5)13(2)15-19-16(18)21-17(20-15)22(3)4/h6-9,13H,10-11H2,1-5H3,(H2,18,19,20,21)/t13-/m1/s1. The highest BCUT2D eigenvalue weighted by Crippen LogP contribution is 2.19. The van der Waals surface area contributed by atoms with E-state index in [2.05, 4.69) is 19.9 Å². The quantitative estimate of drug-likeness (QED) is 0.830. The van der Waals surface area contributed by atoms with E-state index in [9.17, 15) is 0 Å². The Hall–Kier alpha value is -2.41. The van der Waals surface area contributed by atoms with Crippen molar-refractivity contribution in [3.05, 3.63) is 35.7 Å². The summed E-state index contributed by atoms with van der Waals surface area (Å²) >= 11 is 0. The molecule has 0 bridgehead atoms. The SMILES string of the molecule is Cc1ccccc1OCCN(C)[C@H](C)c1nc(N)nc(N(C)C)n1. The Kier molecular flexibility index (Phi) is 5.92. The number of benzene rings is 1. The number of hydrogen-bond donors (Lipinski definition) is 1. The minimum absolute atomic E-state index is 0.00877. The molecule has 1 aromatic heterocycles. The van der Waals surface area contributed by atoms with Crippen LogP contribution in [0.4, 0.5) is 11.9 Å². The van der Waals surface area contributed by atoms with Gasteiger partial charge in [-0.15, -0.1) is 0 Å². The molecular formula is C17H26N6O. The number of hydrogen-bond acceptors (Lipinski definition) is 7. The van der Waals surface area contributed by atoms with Gasteiger partial charge < -0.3 is 15.4 Å². The summed E-state index contributed by atoms with van der Waals surface area (Å²) in [6.45, 7) is 5.42. The van der Waals surface area contributed by atoms with Gasteiger partial charge in [-0.2, -0.15) is 15.0 Å². The van der Waals surface area contributed by atoms with Gasteiger partial charge >= 0.3 is 0 Å². The minimum atomic E-state index is 0.00877. The summed E-state index contributed by atoms with van der Waals surface area (Å²) in [5.41, 5.74) is 6.93. The fraction of sp³-hybridized carbons (Fsp3) is 0.471. The van der Waals surface area contributed by atoms with E-state index < -0.39 is 0 Å². The second kappa shape index (κ2) is 7.92. The molecule has 0 amide bonds. The second-order valence-corrected chi connectivity index (χ2v) is 6.02. The Bertz CT molecular complexity index is 676. The molecule has 0 aliphatic rings. The summed E-state index contributed by atoms with van der Waals surface area (Å²) in [6, 6.07) is 8.01. The summed E-state index contributed by atoms with van der Waals surface area (Å²) in [5.74, 6) is 2.37. The Morgan fingerprint density at radius 1 is 1.12 bits per heavy atom. The zero-order chi connectivity index (χ0) is 17.7. The summed E-state index contributed by atoms with van der Waals surface area (Å²) in [7, 11) is 5.77. The number of nitrogens with zero attached hydrogens (tertiary/aromatic N) is 5. The summed E-state index contributed by atoms with van der Waals surface area (Å²) in [6.07, 6.45) is 0. The molecule has 0 aliphatic carbocycles. The monoisotopic (exact) mass is 330 g/mol. The van der Waals surface area contributed by atoms with Crippen molar-refractivity contribution in [2.24, 2.45) is 0 Å². The Labute approximate surface area is 143 Å². The molecule has 7 heteroatoms. The third-order valence-corrected chi connectivity index (χ3v) is 3.89. The molecule has 0 spiro atoms. The molecule has 0 fully saturated rings. The molecule has 1 heterocycles. The molecule has 0 saturated carbocycles. The van der Waals surface area contributed by atoms with E-state index >= 15 is 0 Å². The molecular weight excluding hydrogens is 304 g/mol. The number of aromatic nitrogens is 3. The van der Waals surface area contributed by atoms with Gasteiger partial charge in [0.1, 0.15) is 12.4 Å². The van der Waals surface area contributed by atoms with Gasteiger partial charge in [-0.1, -0.05) is 18.2 Å². The van der Waals surface area contributed by atoms with Crippen LogP contribution < -0.4 is 15.4 Å². The van der Waals surface area contributed by atoms with Gasteiger partial charge in [0.25, 0.3) is 0 Å². The van der Waals surface area contributed by atoms with Crippen LogP contribution in [0.5, 0.6) is 5.75 Å². The maximum atomic E-state index is 5.85. The topological polar surface area (TPSA) is 80.4 Å². The second-order valence-electron chi connectivity index (χ2n) is 6.02. The molecule has 1 aromatic carbocycles. The summed E-state index contributed by atoms with van der Waals surface area (Å²) < 4.78 is 5.85. The lowest BCUT2D eigenvalue weighted by atomic mass is 10.2. The van der Waals surface area contributed by atoms with Crippen LogP contribution in [0.25, 0.3) is 0 Å². The predicted octanol–water partition coefficient (Wildman–Crippen LogP) is 1.90. The smallest absolute Gasteiger partial charge is 0.229 e. The maximum absolute atomic E-state index is 5.85. The maximum Gasteiger partial charge on any atom is 0.229 e. The first-order valence-electron chi connectivity index (χ1n) is 7.96. The van der Waals surface area contributed by atoms with Crippen molar-refractivity contribution in [3.8, 4) is 5.75 Å². The van der Waals surface area contributed by atoms with Gasteiger partial charge in [0.2, 0.25) is 11.9 Å². The molecule has 0 aliphatic heterocycles. The normalized spacial score (nSPS) is 12.2. The van der Waals surface area contributed by atoms with Crippen molar-refractivity contribution >= 4 is 11.9 Å². The number of rotatable bonds is 7. The predicted molar refractivity (Wildman–Crippen MR) is 96.3 cm³/mol. The lowest BCUT2D eigenvalue weighted by Gasteiger charge is -2.24. The first kappa shape index (κ1) is 17.9. The van der Waals surface area contributed by atoms with Crippen LogP contribution in [-0.4, -0.2) is 54.1 Å². The number of nitrogen functional groups attached to an aromatic ring is 1. The number of ether oxygens (including phenoxy) is 1. The van der Waals surface area contributed by atoms with Crippen molar-refractivity contribution in [3.63, 3.8) is 0 Å². The van der Waals surface area contributed by atoms with Crippen LogP contribution in [0, 0.1) is 6.92 Å². The van der Waals surface area contributed by atoms with E-state index in [4.69, 9.17) is 10.5 Å². The Morgan fingerprint density at radius 3 is 2.50 bits per heavy atom. The molecule has 24 heavy (non-hydrogen) atoms. The molecule has 1 atom stereocenters. The highest BCUT2D eigenvalue weighted by atomic mass is 16.5. The molecule has 2 aromatic rings. The van der Waals surface area contributed by atoms with Gasteiger partial charge in [-0.25, -0.2) is 0 Å². The highest BCUT2D eigenvalue weighted by Gasteiger charge is 2.17. The van der Waals surface area contributed by atoms with Crippen molar-refractivity contribution in [1.82, 2.24) is 19.9 Å². The first-order chi connectivity index (χ1) is 11.4. The summed E-state index contributed by atoms with van der Waals surface area (Å²) in [4.78, 5) is 16.8. The van der Waals surface area contributed by atoms with E-state index in [0.717, 1.165) is 17.9 Å². The molecule has 2 N–H and O–H groups in total. The molecule has 0 saturated heterocycles. The zero-order valence-electron chi connectivity index (χ0n) is 15.0. The molecule has 0 radical (unpaired) electrons. The first-order valence-corrected chi connectivity index (χ1v) is 7.96. The van der Waals surface area contributed by atoms with Gasteiger partial charge in [0.15, 0.2) is 5.82 Å². The van der Waals surface area contributed by atoms with E-state index in [-0.39, 0.29) is 12.0 Å². The van der Waals surface area contributed by atoms with Gasteiger partial charge in [-0.05, 0) is 32.5 Å². The van der Waals surface area contributed by atoms with E-state index in [0.29, 0.717) is 18.4 Å². The average molecular weight is 330 g/mol. The van der Waals surface area contributed by atoms with E-state index in [1.807, 2.05) is 64.2 Å². The third-order valence-electron chi connectivity index (χ3n) is 3.89. The summed E-state index contributed by atoms with van der Waals surface area (Å²) in [5, 5.41) is 0. The van der Waals surface area contributed by atoms with Crippen LogP contribution in [0.15, 0.2) is 24.3 Å². The van der Waals surface area contributed by atoms with Crippen LogP contribution in [-0.2, 0) is 0 Å². The zero-order valence-corrected chi connectivity index (χ0v) is 15.0. The number of para-hydroxylation sites is 1. The Morgan fingerprint density at radius 2 is 1.83 bits per heavy atom. The minimum Gasteiger partial charge on any atom is -0.492 e. The van der Waals surface area contributed by atoms with Crippen molar-refractivity contribution in [2.75, 3.05) is 44.9 Å². The van der Waals surface area contributed by atoms with E-state index in [1.54, 1.807) is 0 Å². The number of nitrogens with two attached hydrogens (primary N) is 1. The third kappa shape index (κ3) is 4.55. The fourth-order valence-electron chi connectivity index (χ4n) is 2.19. The molecule has 7 nitrogen and oxygen atoms in total. The van der Waals surface area contributed by atoms with Crippen molar-refractivity contribution < 1.29 is 4.74 Å². The fourth-order valence-corrected chi connectivity index (χ4v) is 2.19. The number of anilines is 2. The van der Waals surface area contributed by atoms with E-state index in [1.165, 1.54) is 0 Å². The van der Waals surface area contributed by atoms with Crippen LogP contribution in [0.2, 0.25) is 0 Å². The van der Waals surface area contributed by atoms with Gasteiger partial charge in [-0.3, -0.25) is 4.90 Å². The largest absolute Gasteiger partial charge is 0.492 e. The molecule has 2 rings (SSSR count). The highest BCUT2D eigenvalue weighted by molar-refractivity contribution is 5.33. The van der Waals surface area contributed by atoms with Crippen LogP contribution >= 0.6 is 0 Å². The van der Waals surface area contributed by atoms with Crippen LogP contribution in [0.1, 0.15) is 24.4 Å². The average Bonchev–Trinajstić information content (AvgIpc) is 2.55. The number of aryl methyl sites for hydroxylation is 1. The van der Waals surface area contributed by atoms with Gasteiger partial charge in [0, 0.05) is 20.6 Å². The lowest BCUT2D eigenvalue weighted by molar-refractivity contribution is 0.195. The molecule has 0 unspecified atom stereocenters. The van der Waals surface area contributed by atoms with Gasteiger partial charge in [0.05, 0.1) is 6.04 Å². The van der Waals surface area contributed by atoms with Crippen molar-refractivity contribution in [2.45, 2.75) is 19.9 Å². The number of likely N-dealkylation sites (N-methyl/N-ethyl adjacent to an activating group) is 1. The molecule has 130 valence electrons. The Balaban J connectivity index is 1.97.